The van der Waals surface area contributed by atoms with Gasteiger partial charge >= 0.3 is 0 Å². The molecule has 0 bridgehead atoms. The maximum absolute atomic E-state index is 13.0. The van der Waals surface area contributed by atoms with Gasteiger partial charge in [-0.15, -0.1) is 0 Å². The van der Waals surface area contributed by atoms with Gasteiger partial charge in [0.25, 0.3) is 5.56 Å². The molecular formula is C22H19ClN4O2. The van der Waals surface area contributed by atoms with E-state index in [4.69, 9.17) is 16.1 Å². The predicted molar refractivity (Wildman–Crippen MR) is 117 cm³/mol. The Kier molecular flexibility index (Phi) is 4.94. The highest BCUT2D eigenvalue weighted by atomic mass is 35.5. The van der Waals surface area contributed by atoms with E-state index in [2.05, 4.69) is 15.1 Å². The number of hydrogen-bond acceptors (Lipinski definition) is 4. The van der Waals surface area contributed by atoms with Crippen molar-refractivity contribution in [3.8, 4) is 22.5 Å². The minimum atomic E-state index is -0.269. The van der Waals surface area contributed by atoms with Crippen LogP contribution in [0.15, 0.2) is 68.9 Å². The van der Waals surface area contributed by atoms with Crippen molar-refractivity contribution in [1.82, 2.24) is 15.0 Å². The Morgan fingerprint density at radius 2 is 1.86 bits per heavy atom. The highest BCUT2D eigenvalue weighted by Gasteiger charge is 2.20. The van der Waals surface area contributed by atoms with Gasteiger partial charge in [-0.3, -0.25) is 4.79 Å². The first-order valence-corrected chi connectivity index (χ1v) is 9.42. The Labute approximate surface area is 172 Å². The van der Waals surface area contributed by atoms with Crippen molar-refractivity contribution < 1.29 is 4.52 Å². The molecule has 0 amide bonds. The number of H-pyrrole nitrogens is 1. The van der Waals surface area contributed by atoms with Crippen molar-refractivity contribution >= 4 is 34.2 Å². The Hall–Kier alpha value is -3.38. The lowest BCUT2D eigenvalue weighted by molar-refractivity contribution is 0.434. The Morgan fingerprint density at radius 3 is 2.59 bits per heavy atom. The molecule has 1 N–H and O–H groups in total. The number of pyridine rings is 1. The highest BCUT2D eigenvalue weighted by molar-refractivity contribution is 6.31. The van der Waals surface area contributed by atoms with Crippen molar-refractivity contribution in [3.05, 3.63) is 70.0 Å². The summed E-state index contributed by atoms with van der Waals surface area (Å²) >= 11 is 6.26. The van der Waals surface area contributed by atoms with Crippen molar-refractivity contribution in [1.29, 1.82) is 0 Å². The molecule has 0 fully saturated rings. The van der Waals surface area contributed by atoms with Crippen LogP contribution in [0.5, 0.6) is 0 Å². The van der Waals surface area contributed by atoms with Crippen LogP contribution in [-0.4, -0.2) is 35.0 Å². The van der Waals surface area contributed by atoms with Crippen molar-refractivity contribution in [3.63, 3.8) is 0 Å². The van der Waals surface area contributed by atoms with Crippen molar-refractivity contribution in [2.75, 3.05) is 14.1 Å². The summed E-state index contributed by atoms with van der Waals surface area (Å²) in [6.45, 7) is 1.87. The summed E-state index contributed by atoms with van der Waals surface area (Å²) in [5, 5.41) is 5.42. The molecule has 4 aromatic rings. The van der Waals surface area contributed by atoms with E-state index in [0.29, 0.717) is 27.7 Å². The third-order valence-corrected chi connectivity index (χ3v) is 4.94. The number of aliphatic imine (C=N–C) groups is 1. The third kappa shape index (κ3) is 3.67. The Morgan fingerprint density at radius 1 is 1.10 bits per heavy atom. The van der Waals surface area contributed by atoms with Gasteiger partial charge in [-0.2, -0.15) is 0 Å². The second kappa shape index (κ2) is 7.56. The van der Waals surface area contributed by atoms with Gasteiger partial charge in [0.1, 0.15) is 5.84 Å². The van der Waals surface area contributed by atoms with Gasteiger partial charge < -0.3 is 14.4 Å². The molecule has 0 spiro atoms. The fourth-order valence-electron chi connectivity index (χ4n) is 3.11. The highest BCUT2D eigenvalue weighted by Crippen LogP contribution is 2.36. The number of aromatic nitrogens is 2. The molecule has 146 valence electrons. The van der Waals surface area contributed by atoms with Crippen LogP contribution in [0.25, 0.3) is 33.4 Å². The average Bonchev–Trinajstić information content (AvgIpc) is 3.15. The molecule has 0 aliphatic rings. The normalized spacial score (nSPS) is 11.8. The molecule has 2 aromatic heterocycles. The fourth-order valence-corrected chi connectivity index (χ4v) is 3.28. The zero-order valence-electron chi connectivity index (χ0n) is 16.2. The third-order valence-electron chi connectivity index (χ3n) is 4.71. The van der Waals surface area contributed by atoms with E-state index in [-0.39, 0.29) is 5.56 Å². The molecule has 7 heteroatoms. The molecule has 0 radical (unpaired) electrons. The topological polar surface area (TPSA) is 74.5 Å². The smallest absolute Gasteiger partial charge is 0.260 e. The number of hydrogen-bond donors (Lipinski definition) is 1. The summed E-state index contributed by atoms with van der Waals surface area (Å²) in [6, 6.07) is 16.7. The molecule has 0 saturated heterocycles. The van der Waals surface area contributed by atoms with E-state index >= 15 is 0 Å². The van der Waals surface area contributed by atoms with Gasteiger partial charge in [-0.1, -0.05) is 47.1 Å². The largest absolute Gasteiger partial charge is 0.366 e. The molecule has 2 aromatic carbocycles. The standard InChI is InChI=1S/C22H19ClN4O2/c1-13(27(2)3)24-19-12-18(29-26-19)21-20(14-7-5-4-6-8-14)16-11-15(23)9-10-17(16)25-22(21)28/h4-12H,1-3H3,(H,25,28)/b24-13+. The van der Waals surface area contributed by atoms with Crippen LogP contribution in [0, 0.1) is 0 Å². The molecule has 4 rings (SSSR count). The predicted octanol–water partition coefficient (Wildman–Crippen LogP) is 5.12. The van der Waals surface area contributed by atoms with Gasteiger partial charge in [0.2, 0.25) is 0 Å². The quantitative estimate of drug-likeness (QED) is 0.378. The summed E-state index contributed by atoms with van der Waals surface area (Å²) in [7, 11) is 3.79. The second-order valence-corrected chi connectivity index (χ2v) is 7.30. The number of nitrogens with one attached hydrogen (secondary N) is 1. The number of amidine groups is 1. The summed E-state index contributed by atoms with van der Waals surface area (Å²) in [5.41, 5.74) is 2.44. The minimum Gasteiger partial charge on any atom is -0.366 e. The molecule has 0 atom stereocenters. The fraction of sp³-hybridized carbons (Fsp3) is 0.136. The SMILES string of the molecule is C/C(=N\c1cc(-c2c(-c3ccccc3)c3cc(Cl)ccc3[nH]c2=O)on1)N(C)C. The van der Waals surface area contributed by atoms with E-state index in [1.165, 1.54) is 0 Å². The van der Waals surface area contributed by atoms with Crippen molar-refractivity contribution in [2.24, 2.45) is 4.99 Å². The molecule has 29 heavy (non-hydrogen) atoms. The number of rotatable bonds is 3. The lowest BCUT2D eigenvalue weighted by Crippen LogP contribution is -2.17. The Bertz CT molecular complexity index is 1270. The molecule has 6 nitrogen and oxygen atoms in total. The molecule has 0 unspecified atom stereocenters. The van der Waals surface area contributed by atoms with Gasteiger partial charge in [0.15, 0.2) is 11.6 Å². The minimum absolute atomic E-state index is 0.269. The first-order chi connectivity index (χ1) is 13.9. The van der Waals surface area contributed by atoms with Gasteiger partial charge in [-0.05, 0) is 30.7 Å². The van der Waals surface area contributed by atoms with Crippen LogP contribution in [0.1, 0.15) is 6.92 Å². The van der Waals surface area contributed by atoms with Crippen LogP contribution >= 0.6 is 11.6 Å². The molecule has 0 aliphatic heterocycles. The van der Waals surface area contributed by atoms with E-state index in [1.54, 1.807) is 18.2 Å². The van der Waals surface area contributed by atoms with E-state index in [9.17, 15) is 4.79 Å². The lowest BCUT2D eigenvalue weighted by atomic mass is 9.95. The average molecular weight is 407 g/mol. The van der Waals surface area contributed by atoms with Gasteiger partial charge in [0.05, 0.1) is 5.56 Å². The van der Waals surface area contributed by atoms with E-state index in [1.807, 2.05) is 62.3 Å². The summed E-state index contributed by atoms with van der Waals surface area (Å²) < 4.78 is 5.52. The maximum Gasteiger partial charge on any atom is 0.260 e. The maximum atomic E-state index is 13.0. The first-order valence-electron chi connectivity index (χ1n) is 9.04. The van der Waals surface area contributed by atoms with Crippen LogP contribution in [0.4, 0.5) is 5.82 Å². The summed E-state index contributed by atoms with van der Waals surface area (Å²) in [6.07, 6.45) is 0. The van der Waals surface area contributed by atoms with Crippen LogP contribution < -0.4 is 5.56 Å². The van der Waals surface area contributed by atoms with E-state index in [0.717, 1.165) is 22.3 Å². The molecule has 0 saturated carbocycles. The van der Waals surface area contributed by atoms with Crippen LogP contribution in [0.3, 0.4) is 0 Å². The number of nitrogens with zero attached hydrogens (tertiary/aromatic N) is 3. The van der Waals surface area contributed by atoms with E-state index < -0.39 is 0 Å². The van der Waals surface area contributed by atoms with Crippen LogP contribution in [-0.2, 0) is 0 Å². The van der Waals surface area contributed by atoms with Gasteiger partial charge in [0, 0.05) is 41.7 Å². The van der Waals surface area contributed by atoms with Crippen LogP contribution in [0.2, 0.25) is 5.02 Å². The molecule has 2 heterocycles. The Balaban J connectivity index is 2.00. The monoisotopic (exact) mass is 406 g/mol. The molecule has 0 aliphatic carbocycles. The number of benzene rings is 2. The zero-order chi connectivity index (χ0) is 20.5. The van der Waals surface area contributed by atoms with Crippen molar-refractivity contribution in [2.45, 2.75) is 6.92 Å². The first kappa shape index (κ1) is 19.0. The lowest BCUT2D eigenvalue weighted by Gasteiger charge is -2.11. The van der Waals surface area contributed by atoms with Gasteiger partial charge in [-0.25, -0.2) is 4.99 Å². The second-order valence-electron chi connectivity index (χ2n) is 6.86. The zero-order valence-corrected chi connectivity index (χ0v) is 17.0. The molecular weight excluding hydrogens is 388 g/mol. The summed E-state index contributed by atoms with van der Waals surface area (Å²) in [4.78, 5) is 22.2. The number of fused-ring (bicyclic) bond motifs is 1. The summed E-state index contributed by atoms with van der Waals surface area (Å²) in [5.74, 6) is 1.51. The number of halogens is 1. The number of aromatic amines is 1.